The highest BCUT2D eigenvalue weighted by Gasteiger charge is 2.39. The van der Waals surface area contributed by atoms with E-state index in [2.05, 4.69) is 19.2 Å². The predicted octanol–water partition coefficient (Wildman–Crippen LogP) is 3.01. The van der Waals surface area contributed by atoms with Gasteiger partial charge in [-0.2, -0.15) is 0 Å². The van der Waals surface area contributed by atoms with E-state index in [4.69, 9.17) is 4.99 Å². The standard InChI is InChI=1S/C16H22N2/c1-9-6-14-12-4-3-5-15-16(12)11(8-17-15)7-13(14)10(2)18-9/h9-10,13,18H,3-8H2,1-2H3. The minimum Gasteiger partial charge on any atom is -0.311 e. The highest BCUT2D eigenvalue weighted by Crippen LogP contribution is 2.47. The van der Waals surface area contributed by atoms with Crippen molar-refractivity contribution < 1.29 is 0 Å². The molecule has 3 unspecified atom stereocenters. The lowest BCUT2D eigenvalue weighted by Crippen LogP contribution is -2.47. The van der Waals surface area contributed by atoms with Crippen LogP contribution in [-0.4, -0.2) is 24.3 Å². The topological polar surface area (TPSA) is 24.4 Å². The molecule has 1 saturated heterocycles. The summed E-state index contributed by atoms with van der Waals surface area (Å²) < 4.78 is 0. The SMILES string of the molecule is CC1CC2=C3CCCC4=NCC(=C43)CC2C(C)N1. The fraction of sp³-hybridized carbons (Fsp3) is 0.688. The average Bonchev–Trinajstić information content (AvgIpc) is 2.76. The third-order valence-corrected chi connectivity index (χ3v) is 5.22. The number of piperidine rings is 1. The van der Waals surface area contributed by atoms with Crippen LogP contribution in [0.15, 0.2) is 27.3 Å². The number of fused-ring (bicyclic) bond motifs is 1. The molecule has 0 amide bonds. The molecule has 18 heavy (non-hydrogen) atoms. The summed E-state index contributed by atoms with van der Waals surface area (Å²) in [6.45, 7) is 5.70. The van der Waals surface area contributed by atoms with E-state index in [1.165, 1.54) is 37.8 Å². The maximum absolute atomic E-state index is 4.79. The lowest BCUT2D eigenvalue weighted by atomic mass is 9.68. The van der Waals surface area contributed by atoms with Crippen molar-refractivity contribution in [1.29, 1.82) is 0 Å². The second-order valence-corrected chi connectivity index (χ2v) is 6.47. The molecule has 0 radical (unpaired) electrons. The quantitative estimate of drug-likeness (QED) is 0.694. The number of hydrogen-bond acceptors (Lipinski definition) is 2. The molecule has 1 saturated carbocycles. The molecule has 0 aromatic rings. The summed E-state index contributed by atoms with van der Waals surface area (Å²) in [6.07, 6.45) is 6.38. The molecule has 96 valence electrons. The van der Waals surface area contributed by atoms with Crippen molar-refractivity contribution in [1.82, 2.24) is 5.32 Å². The summed E-state index contributed by atoms with van der Waals surface area (Å²) in [5.74, 6) is 0.752. The van der Waals surface area contributed by atoms with Gasteiger partial charge in [0.15, 0.2) is 0 Å². The molecule has 2 nitrogen and oxygen atoms in total. The minimum absolute atomic E-state index is 0.635. The molecule has 4 aliphatic rings. The molecule has 4 rings (SSSR count). The van der Waals surface area contributed by atoms with E-state index in [0.29, 0.717) is 12.1 Å². The van der Waals surface area contributed by atoms with Gasteiger partial charge < -0.3 is 5.32 Å². The average molecular weight is 242 g/mol. The Balaban J connectivity index is 1.83. The van der Waals surface area contributed by atoms with E-state index in [0.717, 1.165) is 12.5 Å². The van der Waals surface area contributed by atoms with Crippen LogP contribution in [0.3, 0.4) is 0 Å². The van der Waals surface area contributed by atoms with Gasteiger partial charge in [-0.3, -0.25) is 4.99 Å². The molecular formula is C16H22N2. The van der Waals surface area contributed by atoms with Crippen LogP contribution >= 0.6 is 0 Å². The Hall–Kier alpha value is -0.890. The summed E-state index contributed by atoms with van der Waals surface area (Å²) in [4.78, 5) is 4.79. The van der Waals surface area contributed by atoms with Gasteiger partial charge in [0.05, 0.1) is 6.54 Å². The van der Waals surface area contributed by atoms with Crippen LogP contribution in [0.5, 0.6) is 0 Å². The fourth-order valence-electron chi connectivity index (χ4n) is 4.51. The Kier molecular flexibility index (Phi) is 2.32. The molecule has 2 aliphatic carbocycles. The predicted molar refractivity (Wildman–Crippen MR) is 75.0 cm³/mol. The maximum atomic E-state index is 4.79. The second kappa shape index (κ2) is 3.80. The van der Waals surface area contributed by atoms with Crippen molar-refractivity contribution in [2.45, 2.75) is 58.0 Å². The molecule has 0 spiro atoms. The number of nitrogens with zero attached hydrogens (tertiary/aromatic N) is 1. The van der Waals surface area contributed by atoms with E-state index in [9.17, 15) is 0 Å². The number of allylic oxidation sites excluding steroid dienone is 2. The van der Waals surface area contributed by atoms with Crippen LogP contribution < -0.4 is 5.32 Å². The van der Waals surface area contributed by atoms with Crippen LogP contribution in [-0.2, 0) is 0 Å². The van der Waals surface area contributed by atoms with Crippen LogP contribution in [0.25, 0.3) is 0 Å². The zero-order valence-electron chi connectivity index (χ0n) is 11.4. The smallest absolute Gasteiger partial charge is 0.0612 e. The first kappa shape index (κ1) is 11.0. The first-order chi connectivity index (χ1) is 8.74. The molecule has 2 aliphatic heterocycles. The van der Waals surface area contributed by atoms with Crippen molar-refractivity contribution in [3.63, 3.8) is 0 Å². The summed E-state index contributed by atoms with van der Waals surface area (Å²) in [5, 5.41) is 3.74. The molecule has 2 heterocycles. The molecular weight excluding hydrogens is 220 g/mol. The zero-order chi connectivity index (χ0) is 12.3. The first-order valence-corrected chi connectivity index (χ1v) is 7.48. The van der Waals surface area contributed by atoms with E-state index in [1.54, 1.807) is 22.3 Å². The van der Waals surface area contributed by atoms with Gasteiger partial charge in [-0.05, 0) is 68.6 Å². The van der Waals surface area contributed by atoms with Crippen molar-refractivity contribution in [2.75, 3.05) is 6.54 Å². The van der Waals surface area contributed by atoms with Gasteiger partial charge in [0.2, 0.25) is 0 Å². The molecule has 1 N–H and O–H groups in total. The number of rotatable bonds is 0. The summed E-state index contributed by atoms with van der Waals surface area (Å²) in [7, 11) is 0. The van der Waals surface area contributed by atoms with Crippen LogP contribution in [0.2, 0.25) is 0 Å². The summed E-state index contributed by atoms with van der Waals surface area (Å²) in [6, 6.07) is 1.28. The van der Waals surface area contributed by atoms with E-state index in [1.807, 2.05) is 0 Å². The van der Waals surface area contributed by atoms with Crippen molar-refractivity contribution in [3.8, 4) is 0 Å². The lowest BCUT2D eigenvalue weighted by molar-refractivity contribution is 0.311. The van der Waals surface area contributed by atoms with Gasteiger partial charge in [-0.15, -0.1) is 0 Å². The first-order valence-electron chi connectivity index (χ1n) is 7.48. The number of nitrogens with one attached hydrogen (secondary N) is 1. The van der Waals surface area contributed by atoms with Crippen LogP contribution in [0.4, 0.5) is 0 Å². The van der Waals surface area contributed by atoms with E-state index < -0.39 is 0 Å². The van der Waals surface area contributed by atoms with Gasteiger partial charge in [0.25, 0.3) is 0 Å². The van der Waals surface area contributed by atoms with Gasteiger partial charge in [0, 0.05) is 17.8 Å². The summed E-state index contributed by atoms with van der Waals surface area (Å²) in [5.41, 5.74) is 8.20. The minimum atomic E-state index is 0.635. The number of aliphatic imine (C=N–C) groups is 1. The van der Waals surface area contributed by atoms with Gasteiger partial charge in [-0.25, -0.2) is 0 Å². The van der Waals surface area contributed by atoms with Crippen molar-refractivity contribution in [2.24, 2.45) is 10.9 Å². The van der Waals surface area contributed by atoms with Crippen LogP contribution in [0, 0.1) is 5.92 Å². The Morgan fingerprint density at radius 2 is 2.06 bits per heavy atom. The van der Waals surface area contributed by atoms with Crippen molar-refractivity contribution in [3.05, 3.63) is 22.3 Å². The maximum Gasteiger partial charge on any atom is 0.0612 e. The lowest BCUT2D eigenvalue weighted by Gasteiger charge is -2.42. The molecule has 2 heteroatoms. The third kappa shape index (κ3) is 1.41. The molecule has 3 atom stereocenters. The fourth-order valence-corrected chi connectivity index (χ4v) is 4.51. The Morgan fingerprint density at radius 1 is 1.17 bits per heavy atom. The number of hydrogen-bond donors (Lipinski definition) is 1. The monoisotopic (exact) mass is 242 g/mol. The Morgan fingerprint density at radius 3 is 2.94 bits per heavy atom. The highest BCUT2D eigenvalue weighted by atomic mass is 15.0. The molecule has 0 aromatic carbocycles. The molecule has 2 fully saturated rings. The van der Waals surface area contributed by atoms with Crippen LogP contribution in [0.1, 0.15) is 46.0 Å². The molecule has 0 aromatic heterocycles. The Labute approximate surface area is 109 Å². The normalized spacial score (nSPS) is 38.6. The van der Waals surface area contributed by atoms with Gasteiger partial charge in [0.1, 0.15) is 0 Å². The second-order valence-electron chi connectivity index (χ2n) is 6.47. The summed E-state index contributed by atoms with van der Waals surface area (Å²) >= 11 is 0. The zero-order valence-corrected chi connectivity index (χ0v) is 11.4. The molecule has 0 bridgehead atoms. The largest absolute Gasteiger partial charge is 0.311 e. The van der Waals surface area contributed by atoms with E-state index in [-0.39, 0.29) is 0 Å². The Bertz CT molecular complexity index is 495. The van der Waals surface area contributed by atoms with Gasteiger partial charge in [-0.1, -0.05) is 5.57 Å². The third-order valence-electron chi connectivity index (χ3n) is 5.22. The van der Waals surface area contributed by atoms with E-state index >= 15 is 0 Å². The highest BCUT2D eigenvalue weighted by molar-refractivity contribution is 6.07. The van der Waals surface area contributed by atoms with Gasteiger partial charge >= 0.3 is 0 Å². The van der Waals surface area contributed by atoms with Crippen molar-refractivity contribution >= 4 is 5.71 Å².